The maximum atomic E-state index is 15.4. The Morgan fingerprint density at radius 1 is 1.25 bits per heavy atom. The number of hydrogen-bond acceptors (Lipinski definition) is 7. The molecule has 1 fully saturated rings. The van der Waals surface area contributed by atoms with Crippen LogP contribution < -0.4 is 11.1 Å². The molecule has 1 aliphatic heterocycles. The maximum absolute atomic E-state index is 15.4. The third-order valence-electron chi connectivity index (χ3n) is 5.71. The number of rotatable bonds is 4. The lowest BCUT2D eigenvalue weighted by molar-refractivity contribution is -0.134. The van der Waals surface area contributed by atoms with E-state index in [0.29, 0.717) is 40.9 Å². The van der Waals surface area contributed by atoms with Crippen LogP contribution in [0.5, 0.6) is 0 Å². The van der Waals surface area contributed by atoms with Crippen molar-refractivity contribution in [3.8, 4) is 11.3 Å². The summed E-state index contributed by atoms with van der Waals surface area (Å²) in [5.41, 5.74) is 8.42. The van der Waals surface area contributed by atoms with Crippen molar-refractivity contribution in [2.45, 2.75) is 19.9 Å². The van der Waals surface area contributed by atoms with E-state index in [1.54, 1.807) is 42.5 Å². The molecule has 9 nitrogen and oxygen atoms in total. The summed E-state index contributed by atoms with van der Waals surface area (Å²) in [6.07, 6.45) is 8.24. The SMILES string of the molecule is CC(=O)N1CC(n2cc(Nc3cc4c(F)c(-c5cnccc5C)nc(N)c4cn3)cn2)C1. The average molecular weight is 432 g/mol. The second-order valence-corrected chi connectivity index (χ2v) is 7.88. The first-order valence-corrected chi connectivity index (χ1v) is 10.1. The van der Waals surface area contributed by atoms with Gasteiger partial charge < -0.3 is 16.0 Å². The number of carbonyl (C=O) groups is 1. The van der Waals surface area contributed by atoms with Gasteiger partial charge in [-0.3, -0.25) is 14.5 Å². The average Bonchev–Trinajstić information content (AvgIpc) is 3.17. The van der Waals surface area contributed by atoms with Gasteiger partial charge >= 0.3 is 0 Å². The number of carbonyl (C=O) groups excluding carboxylic acids is 1. The molecule has 1 amide bonds. The Labute approximate surface area is 183 Å². The van der Waals surface area contributed by atoms with Crippen LogP contribution in [0.1, 0.15) is 18.5 Å². The number of aryl methyl sites for hydroxylation is 1. The Morgan fingerprint density at radius 3 is 2.81 bits per heavy atom. The Balaban J connectivity index is 1.44. The summed E-state index contributed by atoms with van der Waals surface area (Å²) in [7, 11) is 0. The smallest absolute Gasteiger partial charge is 0.219 e. The van der Waals surface area contributed by atoms with Gasteiger partial charge in [-0.1, -0.05) is 0 Å². The Morgan fingerprint density at radius 2 is 2.06 bits per heavy atom. The van der Waals surface area contributed by atoms with Gasteiger partial charge in [0, 0.05) is 61.1 Å². The van der Waals surface area contributed by atoms with E-state index in [-0.39, 0.29) is 23.5 Å². The lowest BCUT2D eigenvalue weighted by Crippen LogP contribution is -2.49. The van der Waals surface area contributed by atoms with E-state index in [2.05, 4.69) is 25.4 Å². The van der Waals surface area contributed by atoms with Crippen LogP contribution in [-0.2, 0) is 4.79 Å². The fraction of sp³-hybridized carbons (Fsp3) is 0.227. The van der Waals surface area contributed by atoms with Crippen LogP contribution in [0.15, 0.2) is 43.1 Å². The quantitative estimate of drug-likeness (QED) is 0.509. The molecule has 0 spiro atoms. The van der Waals surface area contributed by atoms with Gasteiger partial charge in [-0.2, -0.15) is 5.10 Å². The molecule has 0 aliphatic carbocycles. The normalized spacial score (nSPS) is 13.9. The van der Waals surface area contributed by atoms with Crippen LogP contribution in [0, 0.1) is 12.7 Å². The topological polar surface area (TPSA) is 115 Å². The molecule has 5 rings (SSSR count). The minimum absolute atomic E-state index is 0.0590. The number of fused-ring (bicyclic) bond motifs is 1. The monoisotopic (exact) mass is 432 g/mol. The first-order valence-electron chi connectivity index (χ1n) is 10.1. The molecule has 32 heavy (non-hydrogen) atoms. The van der Waals surface area contributed by atoms with Crippen LogP contribution in [-0.4, -0.2) is 48.6 Å². The number of likely N-dealkylation sites (tertiary alicyclic amines) is 1. The molecule has 162 valence electrons. The van der Waals surface area contributed by atoms with Crippen molar-refractivity contribution in [1.82, 2.24) is 29.6 Å². The number of anilines is 3. The van der Waals surface area contributed by atoms with Crippen LogP contribution in [0.4, 0.5) is 21.7 Å². The number of nitrogens with one attached hydrogen (secondary N) is 1. The zero-order valence-corrected chi connectivity index (χ0v) is 17.6. The highest BCUT2D eigenvalue weighted by Crippen LogP contribution is 2.33. The molecule has 0 aromatic carbocycles. The van der Waals surface area contributed by atoms with Gasteiger partial charge in [-0.25, -0.2) is 14.4 Å². The van der Waals surface area contributed by atoms with E-state index >= 15 is 4.39 Å². The molecule has 4 aromatic rings. The van der Waals surface area contributed by atoms with Crippen molar-refractivity contribution in [2.24, 2.45) is 0 Å². The van der Waals surface area contributed by atoms with E-state index in [9.17, 15) is 4.79 Å². The molecular formula is C22H21FN8O. The summed E-state index contributed by atoms with van der Waals surface area (Å²) >= 11 is 0. The largest absolute Gasteiger partial charge is 0.383 e. The van der Waals surface area contributed by atoms with Crippen molar-refractivity contribution in [3.63, 3.8) is 0 Å². The van der Waals surface area contributed by atoms with Crippen LogP contribution >= 0.6 is 0 Å². The molecule has 4 aromatic heterocycles. The fourth-order valence-corrected chi connectivity index (χ4v) is 3.79. The Hall–Kier alpha value is -4.08. The number of aromatic nitrogens is 5. The maximum Gasteiger partial charge on any atom is 0.219 e. The standard InChI is InChI=1S/C22H21FN8O/c1-12-3-4-25-7-17(12)21-20(23)16-5-19(26-8-18(16)22(24)29-21)28-14-6-27-31(9-14)15-10-30(11-15)13(2)32/h3-9,15H,10-11H2,1-2H3,(H2,24,29)(H,26,28). The van der Waals surface area contributed by atoms with E-state index < -0.39 is 5.82 Å². The minimum Gasteiger partial charge on any atom is -0.383 e. The molecule has 0 bridgehead atoms. The van der Waals surface area contributed by atoms with Crippen LogP contribution in [0.25, 0.3) is 22.0 Å². The number of nitrogens with two attached hydrogens (primary N) is 1. The van der Waals surface area contributed by atoms with E-state index in [4.69, 9.17) is 5.73 Å². The van der Waals surface area contributed by atoms with Crippen molar-refractivity contribution in [2.75, 3.05) is 24.1 Å². The van der Waals surface area contributed by atoms with Gasteiger partial charge in [-0.05, 0) is 24.6 Å². The predicted octanol–water partition coefficient (Wildman–Crippen LogP) is 3.06. The molecule has 0 unspecified atom stereocenters. The summed E-state index contributed by atoms with van der Waals surface area (Å²) in [6, 6.07) is 3.55. The third kappa shape index (κ3) is 3.39. The molecule has 0 radical (unpaired) electrons. The molecule has 0 atom stereocenters. The summed E-state index contributed by atoms with van der Waals surface area (Å²) in [6.45, 7) is 4.70. The highest BCUT2D eigenvalue weighted by Gasteiger charge is 2.30. The molecule has 5 heterocycles. The summed E-state index contributed by atoms with van der Waals surface area (Å²) in [5.74, 6) is 0.231. The number of nitrogens with zero attached hydrogens (tertiary/aromatic N) is 6. The third-order valence-corrected chi connectivity index (χ3v) is 5.71. The summed E-state index contributed by atoms with van der Waals surface area (Å²) in [4.78, 5) is 25.8. The molecular weight excluding hydrogens is 411 g/mol. The first-order chi connectivity index (χ1) is 15.4. The molecule has 1 aliphatic rings. The number of amides is 1. The van der Waals surface area contributed by atoms with Crippen molar-refractivity contribution < 1.29 is 9.18 Å². The number of halogens is 1. The highest BCUT2D eigenvalue weighted by atomic mass is 19.1. The van der Waals surface area contributed by atoms with Gasteiger partial charge in [0.15, 0.2) is 5.82 Å². The lowest BCUT2D eigenvalue weighted by Gasteiger charge is -2.38. The number of hydrogen-bond donors (Lipinski definition) is 2. The molecule has 0 saturated carbocycles. The van der Waals surface area contributed by atoms with E-state index in [1.165, 1.54) is 6.20 Å². The predicted molar refractivity (Wildman–Crippen MR) is 119 cm³/mol. The van der Waals surface area contributed by atoms with Gasteiger partial charge in [0.2, 0.25) is 5.91 Å². The second-order valence-electron chi connectivity index (χ2n) is 7.88. The molecule has 3 N–H and O–H groups in total. The summed E-state index contributed by atoms with van der Waals surface area (Å²) in [5, 5.41) is 8.27. The lowest BCUT2D eigenvalue weighted by atomic mass is 10.0. The Bertz CT molecular complexity index is 1350. The van der Waals surface area contributed by atoms with Crippen LogP contribution in [0.2, 0.25) is 0 Å². The van der Waals surface area contributed by atoms with Gasteiger partial charge in [-0.15, -0.1) is 0 Å². The molecule has 1 saturated heterocycles. The minimum atomic E-state index is -0.481. The highest BCUT2D eigenvalue weighted by molar-refractivity contribution is 5.95. The fourth-order valence-electron chi connectivity index (χ4n) is 3.79. The summed E-state index contributed by atoms with van der Waals surface area (Å²) < 4.78 is 17.3. The first kappa shape index (κ1) is 19.9. The zero-order chi connectivity index (χ0) is 22.4. The number of nitrogen functional groups attached to an aromatic ring is 1. The number of pyridine rings is 3. The van der Waals surface area contributed by atoms with Crippen molar-refractivity contribution in [3.05, 3.63) is 54.5 Å². The van der Waals surface area contributed by atoms with Gasteiger partial charge in [0.05, 0.1) is 17.9 Å². The van der Waals surface area contributed by atoms with Crippen LogP contribution in [0.3, 0.4) is 0 Å². The van der Waals surface area contributed by atoms with Crippen molar-refractivity contribution >= 4 is 34.0 Å². The second kappa shape index (κ2) is 7.56. The zero-order valence-electron chi connectivity index (χ0n) is 17.6. The van der Waals surface area contributed by atoms with Crippen molar-refractivity contribution in [1.29, 1.82) is 0 Å². The van der Waals surface area contributed by atoms with Gasteiger partial charge in [0.1, 0.15) is 17.3 Å². The van der Waals surface area contributed by atoms with E-state index in [1.807, 2.05) is 17.8 Å². The Kier molecular flexibility index (Phi) is 4.69. The van der Waals surface area contributed by atoms with E-state index in [0.717, 1.165) is 5.56 Å². The van der Waals surface area contributed by atoms with Gasteiger partial charge in [0.25, 0.3) is 0 Å². The molecule has 10 heteroatoms.